The lowest BCUT2D eigenvalue weighted by Crippen LogP contribution is -2.35. The Labute approximate surface area is 110 Å². The Morgan fingerprint density at radius 2 is 2.21 bits per heavy atom. The highest BCUT2D eigenvalue weighted by Gasteiger charge is 2.33. The lowest BCUT2D eigenvalue weighted by molar-refractivity contribution is -0.385. The van der Waals surface area contributed by atoms with E-state index in [1.807, 2.05) is 0 Å². The molecule has 1 amide bonds. The molecule has 1 aromatic rings. The standard InChI is InChI=1S/C13H16N2O4/c1-9-2-3-10(8-12(9)15(18)19)13(17)14(6-7-16)11-4-5-11/h2-3,8,11,16H,4-7H2,1H3. The van der Waals surface area contributed by atoms with Crippen molar-refractivity contribution in [2.75, 3.05) is 13.2 Å². The number of nitrogens with zero attached hydrogens (tertiary/aromatic N) is 2. The van der Waals surface area contributed by atoms with Gasteiger partial charge in [0.2, 0.25) is 0 Å². The molecule has 0 aromatic heterocycles. The zero-order valence-electron chi connectivity index (χ0n) is 10.7. The lowest BCUT2D eigenvalue weighted by Gasteiger charge is -2.21. The average molecular weight is 264 g/mol. The fourth-order valence-corrected chi connectivity index (χ4v) is 2.05. The monoisotopic (exact) mass is 264 g/mol. The molecule has 1 aromatic carbocycles. The molecule has 2 rings (SSSR count). The van der Waals surface area contributed by atoms with E-state index in [1.54, 1.807) is 24.0 Å². The zero-order chi connectivity index (χ0) is 14.0. The van der Waals surface area contributed by atoms with E-state index in [4.69, 9.17) is 5.11 Å². The molecule has 0 bridgehead atoms. The molecule has 6 nitrogen and oxygen atoms in total. The van der Waals surface area contributed by atoms with Gasteiger partial charge in [0, 0.05) is 29.8 Å². The van der Waals surface area contributed by atoms with Crippen LogP contribution in [0.3, 0.4) is 0 Å². The Bertz CT molecular complexity index is 511. The van der Waals surface area contributed by atoms with Crippen molar-refractivity contribution in [3.05, 3.63) is 39.4 Å². The SMILES string of the molecule is Cc1ccc(C(=O)N(CCO)C2CC2)cc1[N+](=O)[O-]. The van der Waals surface area contributed by atoms with Crippen molar-refractivity contribution < 1.29 is 14.8 Å². The minimum absolute atomic E-state index is 0.0504. The van der Waals surface area contributed by atoms with E-state index in [-0.39, 0.29) is 30.8 Å². The fourth-order valence-electron chi connectivity index (χ4n) is 2.05. The molecule has 6 heteroatoms. The molecule has 0 saturated heterocycles. The van der Waals surface area contributed by atoms with Gasteiger partial charge >= 0.3 is 0 Å². The lowest BCUT2D eigenvalue weighted by atomic mass is 10.1. The van der Waals surface area contributed by atoms with E-state index in [9.17, 15) is 14.9 Å². The normalized spacial score (nSPS) is 14.2. The van der Waals surface area contributed by atoms with E-state index < -0.39 is 4.92 Å². The topological polar surface area (TPSA) is 83.7 Å². The van der Waals surface area contributed by atoms with Crippen molar-refractivity contribution in [3.63, 3.8) is 0 Å². The summed E-state index contributed by atoms with van der Waals surface area (Å²) in [4.78, 5) is 24.3. The van der Waals surface area contributed by atoms with Crippen LogP contribution in [0.2, 0.25) is 0 Å². The van der Waals surface area contributed by atoms with Crippen LogP contribution in [0.15, 0.2) is 18.2 Å². The smallest absolute Gasteiger partial charge is 0.273 e. The van der Waals surface area contributed by atoms with Crippen molar-refractivity contribution in [1.82, 2.24) is 4.90 Å². The molecule has 1 aliphatic carbocycles. The molecule has 0 atom stereocenters. The maximum absolute atomic E-state index is 12.3. The van der Waals surface area contributed by atoms with Gasteiger partial charge in [-0.1, -0.05) is 6.07 Å². The highest BCUT2D eigenvalue weighted by molar-refractivity contribution is 5.95. The van der Waals surface area contributed by atoms with Crippen molar-refractivity contribution in [1.29, 1.82) is 0 Å². The average Bonchev–Trinajstić information content (AvgIpc) is 3.19. The highest BCUT2D eigenvalue weighted by Crippen LogP contribution is 2.29. The van der Waals surface area contributed by atoms with Gasteiger partial charge in [0.1, 0.15) is 0 Å². The minimum atomic E-state index is -0.486. The Hall–Kier alpha value is -1.95. The number of aliphatic hydroxyl groups is 1. The number of aliphatic hydroxyl groups excluding tert-OH is 1. The first-order valence-electron chi connectivity index (χ1n) is 6.21. The third-order valence-electron chi connectivity index (χ3n) is 3.24. The summed E-state index contributed by atoms with van der Waals surface area (Å²) in [5, 5.41) is 19.9. The minimum Gasteiger partial charge on any atom is -0.395 e. The number of hydrogen-bond donors (Lipinski definition) is 1. The number of rotatable bonds is 5. The molecule has 0 unspecified atom stereocenters. The Balaban J connectivity index is 2.27. The third kappa shape index (κ3) is 2.90. The van der Waals surface area contributed by atoms with Gasteiger partial charge in [-0.25, -0.2) is 0 Å². The summed E-state index contributed by atoms with van der Waals surface area (Å²) in [6, 6.07) is 4.65. The van der Waals surface area contributed by atoms with Crippen LogP contribution in [0, 0.1) is 17.0 Å². The highest BCUT2D eigenvalue weighted by atomic mass is 16.6. The van der Waals surface area contributed by atoms with E-state index in [2.05, 4.69) is 0 Å². The molecule has 1 saturated carbocycles. The quantitative estimate of drug-likeness (QED) is 0.645. The summed E-state index contributed by atoms with van der Waals surface area (Å²) in [5.74, 6) is -0.250. The van der Waals surface area contributed by atoms with Crippen LogP contribution in [0.25, 0.3) is 0 Å². The number of nitro groups is 1. The number of aryl methyl sites for hydroxylation is 1. The van der Waals surface area contributed by atoms with Gasteiger partial charge in [0.15, 0.2) is 0 Å². The first-order chi connectivity index (χ1) is 9.04. The van der Waals surface area contributed by atoms with Crippen molar-refractivity contribution in [2.24, 2.45) is 0 Å². The second-order valence-corrected chi connectivity index (χ2v) is 4.71. The molecule has 1 aliphatic rings. The van der Waals surface area contributed by atoms with Gasteiger partial charge in [-0.2, -0.15) is 0 Å². The third-order valence-corrected chi connectivity index (χ3v) is 3.24. The van der Waals surface area contributed by atoms with Crippen LogP contribution < -0.4 is 0 Å². The summed E-state index contributed by atoms with van der Waals surface area (Å²) in [7, 11) is 0. The zero-order valence-corrected chi connectivity index (χ0v) is 10.7. The molecule has 1 fully saturated rings. The molecule has 0 heterocycles. The number of hydrogen-bond acceptors (Lipinski definition) is 4. The largest absolute Gasteiger partial charge is 0.395 e. The van der Waals surface area contributed by atoms with Gasteiger partial charge < -0.3 is 10.0 Å². The molecule has 102 valence electrons. The van der Waals surface area contributed by atoms with Gasteiger partial charge in [-0.05, 0) is 25.8 Å². The summed E-state index contributed by atoms with van der Waals surface area (Å²) < 4.78 is 0. The molecule has 19 heavy (non-hydrogen) atoms. The van der Waals surface area contributed by atoms with E-state index in [1.165, 1.54) is 6.07 Å². The van der Waals surface area contributed by atoms with Gasteiger partial charge in [-0.3, -0.25) is 14.9 Å². The molecule has 0 radical (unpaired) electrons. The van der Waals surface area contributed by atoms with E-state index >= 15 is 0 Å². The van der Waals surface area contributed by atoms with Crippen LogP contribution in [-0.4, -0.2) is 40.0 Å². The first-order valence-corrected chi connectivity index (χ1v) is 6.21. The van der Waals surface area contributed by atoms with Crippen molar-refractivity contribution in [2.45, 2.75) is 25.8 Å². The molecule has 0 spiro atoms. The van der Waals surface area contributed by atoms with Crippen LogP contribution in [-0.2, 0) is 0 Å². The van der Waals surface area contributed by atoms with E-state index in [0.29, 0.717) is 11.1 Å². The number of carbonyl (C=O) groups excluding carboxylic acids is 1. The van der Waals surface area contributed by atoms with Gasteiger partial charge in [0.25, 0.3) is 11.6 Å². The van der Waals surface area contributed by atoms with Gasteiger partial charge in [0.05, 0.1) is 11.5 Å². The Morgan fingerprint density at radius 1 is 1.53 bits per heavy atom. The Morgan fingerprint density at radius 3 is 2.74 bits per heavy atom. The predicted molar refractivity (Wildman–Crippen MR) is 69.0 cm³/mol. The fraction of sp³-hybridized carbons (Fsp3) is 0.462. The molecular formula is C13H16N2O4. The molecular weight excluding hydrogens is 248 g/mol. The van der Waals surface area contributed by atoms with Gasteiger partial charge in [-0.15, -0.1) is 0 Å². The predicted octanol–water partition coefficient (Wildman–Crippen LogP) is 1.50. The van der Waals surface area contributed by atoms with Crippen LogP contribution >= 0.6 is 0 Å². The van der Waals surface area contributed by atoms with Crippen molar-refractivity contribution >= 4 is 11.6 Å². The van der Waals surface area contributed by atoms with Crippen LogP contribution in [0.5, 0.6) is 0 Å². The van der Waals surface area contributed by atoms with Crippen molar-refractivity contribution in [3.8, 4) is 0 Å². The number of amides is 1. The summed E-state index contributed by atoms with van der Waals surface area (Å²) >= 11 is 0. The second kappa shape index (κ2) is 5.36. The summed E-state index contributed by atoms with van der Waals surface area (Å²) in [6.45, 7) is 1.81. The molecule has 1 N–H and O–H groups in total. The Kier molecular flexibility index (Phi) is 3.80. The van der Waals surface area contributed by atoms with E-state index in [0.717, 1.165) is 12.8 Å². The first kappa shape index (κ1) is 13.5. The maximum Gasteiger partial charge on any atom is 0.273 e. The number of benzene rings is 1. The number of carbonyl (C=O) groups is 1. The molecule has 0 aliphatic heterocycles. The van der Waals surface area contributed by atoms with Crippen LogP contribution in [0.4, 0.5) is 5.69 Å². The number of nitro benzene ring substituents is 1. The summed E-state index contributed by atoms with van der Waals surface area (Å²) in [6.07, 6.45) is 1.86. The summed E-state index contributed by atoms with van der Waals surface area (Å²) in [5.41, 5.74) is 0.782. The van der Waals surface area contributed by atoms with Crippen LogP contribution in [0.1, 0.15) is 28.8 Å². The second-order valence-electron chi connectivity index (χ2n) is 4.71. The maximum atomic E-state index is 12.3.